The summed E-state index contributed by atoms with van der Waals surface area (Å²) in [5.74, 6) is 2.69. The molecule has 0 unspecified atom stereocenters. The molecule has 0 atom stereocenters. The third kappa shape index (κ3) is 6.07. The number of guanidine groups is 1. The van der Waals surface area contributed by atoms with Gasteiger partial charge in [0.25, 0.3) is 0 Å². The number of likely N-dealkylation sites (tertiary alicyclic amines) is 1. The molecule has 1 saturated heterocycles. The number of methoxy groups -OCH3 is 3. The highest BCUT2D eigenvalue weighted by Gasteiger charge is 2.24. The second kappa shape index (κ2) is 11.2. The van der Waals surface area contributed by atoms with E-state index in [1.807, 2.05) is 19.1 Å². The van der Waals surface area contributed by atoms with E-state index in [1.165, 1.54) is 0 Å². The minimum absolute atomic E-state index is 0.228. The highest BCUT2D eigenvalue weighted by atomic mass is 16.6. The smallest absolute Gasteiger partial charge is 0.409 e. The molecule has 0 bridgehead atoms. The number of nitrogens with zero attached hydrogens (tertiary/aromatic N) is 2. The van der Waals surface area contributed by atoms with Crippen molar-refractivity contribution in [1.29, 1.82) is 0 Å². The van der Waals surface area contributed by atoms with Crippen LogP contribution in [-0.4, -0.2) is 71.1 Å². The quantitative estimate of drug-likeness (QED) is 0.526. The van der Waals surface area contributed by atoms with E-state index >= 15 is 0 Å². The van der Waals surface area contributed by atoms with Crippen molar-refractivity contribution in [3.05, 3.63) is 17.7 Å². The Morgan fingerprint density at radius 1 is 1.14 bits per heavy atom. The van der Waals surface area contributed by atoms with Crippen LogP contribution in [-0.2, 0) is 11.3 Å². The highest BCUT2D eigenvalue weighted by Crippen LogP contribution is 2.33. The van der Waals surface area contributed by atoms with Gasteiger partial charge in [0, 0.05) is 38.3 Å². The standard InChI is InChI=1S/C20H32N4O5/c1-6-29-20(25)24-9-7-14(8-10-24)23-19(21-2)22-13-16-17(27-4)11-15(26-3)12-18(16)28-5/h11-12,14H,6-10,13H2,1-5H3,(H2,21,22,23). The molecule has 162 valence electrons. The third-order valence-corrected chi connectivity index (χ3v) is 4.84. The zero-order chi connectivity index (χ0) is 21.2. The van der Waals surface area contributed by atoms with Crippen molar-refractivity contribution in [3.63, 3.8) is 0 Å². The Kier molecular flexibility index (Phi) is 8.69. The molecule has 0 spiro atoms. The number of aliphatic imine (C=N–C) groups is 1. The molecule has 29 heavy (non-hydrogen) atoms. The van der Waals surface area contributed by atoms with Crippen molar-refractivity contribution >= 4 is 12.1 Å². The lowest BCUT2D eigenvalue weighted by Crippen LogP contribution is -2.49. The van der Waals surface area contributed by atoms with Crippen molar-refractivity contribution < 1.29 is 23.7 Å². The summed E-state index contributed by atoms with van der Waals surface area (Å²) in [5.41, 5.74) is 0.871. The van der Waals surface area contributed by atoms with Gasteiger partial charge in [-0.15, -0.1) is 0 Å². The Hall–Kier alpha value is -2.84. The van der Waals surface area contributed by atoms with Crippen LogP contribution in [0.5, 0.6) is 17.2 Å². The predicted octanol–water partition coefficient (Wildman–Crippen LogP) is 2.00. The second-order valence-electron chi connectivity index (χ2n) is 6.54. The van der Waals surface area contributed by atoms with Crippen molar-refractivity contribution in [3.8, 4) is 17.2 Å². The van der Waals surface area contributed by atoms with E-state index < -0.39 is 0 Å². The summed E-state index contributed by atoms with van der Waals surface area (Å²) in [6.07, 6.45) is 1.41. The summed E-state index contributed by atoms with van der Waals surface area (Å²) < 4.78 is 21.3. The lowest BCUT2D eigenvalue weighted by Gasteiger charge is -2.32. The molecule has 0 radical (unpaired) electrons. The van der Waals surface area contributed by atoms with Gasteiger partial charge in [-0.05, 0) is 19.8 Å². The minimum atomic E-state index is -0.243. The zero-order valence-electron chi connectivity index (χ0n) is 17.9. The van der Waals surface area contributed by atoms with Crippen LogP contribution >= 0.6 is 0 Å². The van der Waals surface area contributed by atoms with Crippen molar-refractivity contribution in [2.24, 2.45) is 4.99 Å². The summed E-state index contributed by atoms with van der Waals surface area (Å²) in [7, 11) is 6.56. The largest absolute Gasteiger partial charge is 0.496 e. The van der Waals surface area contributed by atoms with Gasteiger partial charge in [0.15, 0.2) is 5.96 Å². The number of piperidine rings is 1. The van der Waals surface area contributed by atoms with E-state index in [0.29, 0.717) is 49.4 Å². The van der Waals surface area contributed by atoms with E-state index in [2.05, 4.69) is 15.6 Å². The summed E-state index contributed by atoms with van der Waals surface area (Å²) in [5, 5.41) is 6.73. The maximum absolute atomic E-state index is 11.8. The maximum atomic E-state index is 11.8. The first-order valence-electron chi connectivity index (χ1n) is 9.74. The molecule has 1 aromatic rings. The summed E-state index contributed by atoms with van der Waals surface area (Å²) in [4.78, 5) is 17.9. The summed E-state index contributed by atoms with van der Waals surface area (Å²) in [6, 6.07) is 3.87. The Morgan fingerprint density at radius 3 is 2.24 bits per heavy atom. The fourth-order valence-electron chi connectivity index (χ4n) is 3.23. The monoisotopic (exact) mass is 408 g/mol. The van der Waals surface area contributed by atoms with Crippen molar-refractivity contribution in [2.75, 3.05) is 48.1 Å². The van der Waals surface area contributed by atoms with Gasteiger partial charge in [0.1, 0.15) is 17.2 Å². The number of carbonyl (C=O) groups is 1. The number of hydrogen-bond donors (Lipinski definition) is 2. The van der Waals surface area contributed by atoms with E-state index in [4.69, 9.17) is 18.9 Å². The molecular weight excluding hydrogens is 376 g/mol. The fraction of sp³-hybridized carbons (Fsp3) is 0.600. The number of rotatable bonds is 7. The Balaban J connectivity index is 1.94. The first kappa shape index (κ1) is 22.4. The van der Waals surface area contributed by atoms with Gasteiger partial charge in [0.05, 0.1) is 40.0 Å². The molecule has 1 heterocycles. The van der Waals surface area contributed by atoms with Crippen LogP contribution in [0.3, 0.4) is 0 Å². The van der Waals surface area contributed by atoms with Gasteiger partial charge in [-0.2, -0.15) is 0 Å². The molecule has 0 aliphatic carbocycles. The summed E-state index contributed by atoms with van der Waals surface area (Å²) in [6.45, 7) is 4.00. The van der Waals surface area contributed by atoms with Crippen LogP contribution in [0.2, 0.25) is 0 Å². The molecule has 1 amide bonds. The number of hydrogen-bond acceptors (Lipinski definition) is 6. The van der Waals surface area contributed by atoms with Crippen LogP contribution in [0, 0.1) is 0 Å². The van der Waals surface area contributed by atoms with E-state index in [-0.39, 0.29) is 12.1 Å². The lowest BCUT2D eigenvalue weighted by molar-refractivity contribution is 0.0963. The van der Waals surface area contributed by atoms with Crippen molar-refractivity contribution in [2.45, 2.75) is 32.4 Å². The first-order valence-corrected chi connectivity index (χ1v) is 9.74. The van der Waals surface area contributed by atoms with E-state index in [0.717, 1.165) is 18.4 Å². The van der Waals surface area contributed by atoms with Crippen LogP contribution in [0.25, 0.3) is 0 Å². The normalized spacial score (nSPS) is 14.9. The molecule has 1 aliphatic rings. The molecule has 9 nitrogen and oxygen atoms in total. The van der Waals surface area contributed by atoms with Crippen LogP contribution in [0.4, 0.5) is 4.79 Å². The molecule has 0 aromatic heterocycles. The molecule has 2 rings (SSSR count). The predicted molar refractivity (Wildman–Crippen MR) is 111 cm³/mol. The molecule has 0 saturated carbocycles. The Labute approximate surface area is 172 Å². The van der Waals surface area contributed by atoms with Gasteiger partial charge in [-0.1, -0.05) is 0 Å². The molecule has 1 aliphatic heterocycles. The SMILES string of the molecule is CCOC(=O)N1CCC(NC(=NC)NCc2c(OC)cc(OC)cc2OC)CC1. The molecule has 1 fully saturated rings. The zero-order valence-corrected chi connectivity index (χ0v) is 17.9. The maximum Gasteiger partial charge on any atom is 0.409 e. The van der Waals surface area contributed by atoms with Gasteiger partial charge >= 0.3 is 6.09 Å². The van der Waals surface area contributed by atoms with Gasteiger partial charge in [-0.3, -0.25) is 4.99 Å². The number of amides is 1. The van der Waals surface area contributed by atoms with E-state index in [9.17, 15) is 4.79 Å². The molecular formula is C20H32N4O5. The topological polar surface area (TPSA) is 93.7 Å². The molecule has 9 heteroatoms. The number of benzene rings is 1. The average Bonchev–Trinajstić information content (AvgIpc) is 2.76. The van der Waals surface area contributed by atoms with Crippen LogP contribution in [0.1, 0.15) is 25.3 Å². The Morgan fingerprint density at radius 2 is 1.76 bits per heavy atom. The Bertz CT molecular complexity index is 677. The number of ether oxygens (including phenoxy) is 4. The minimum Gasteiger partial charge on any atom is -0.496 e. The van der Waals surface area contributed by atoms with Crippen molar-refractivity contribution in [1.82, 2.24) is 15.5 Å². The molecule has 1 aromatic carbocycles. The fourth-order valence-corrected chi connectivity index (χ4v) is 3.23. The van der Waals surface area contributed by atoms with Crippen LogP contribution in [0.15, 0.2) is 17.1 Å². The number of carbonyl (C=O) groups excluding carboxylic acids is 1. The van der Waals surface area contributed by atoms with E-state index in [1.54, 1.807) is 33.3 Å². The second-order valence-corrected chi connectivity index (χ2v) is 6.54. The van der Waals surface area contributed by atoms with Gasteiger partial charge < -0.3 is 34.5 Å². The van der Waals surface area contributed by atoms with Gasteiger partial charge in [-0.25, -0.2) is 4.79 Å². The van der Waals surface area contributed by atoms with Crippen LogP contribution < -0.4 is 24.8 Å². The highest BCUT2D eigenvalue weighted by molar-refractivity contribution is 5.80. The third-order valence-electron chi connectivity index (χ3n) is 4.84. The lowest BCUT2D eigenvalue weighted by atomic mass is 10.1. The number of nitrogens with one attached hydrogen (secondary N) is 2. The molecule has 2 N–H and O–H groups in total. The average molecular weight is 408 g/mol. The first-order chi connectivity index (χ1) is 14.1. The van der Waals surface area contributed by atoms with Gasteiger partial charge in [0.2, 0.25) is 0 Å². The summed E-state index contributed by atoms with van der Waals surface area (Å²) >= 11 is 0.